The van der Waals surface area contributed by atoms with Gasteiger partial charge >= 0.3 is 0 Å². The number of carbonyl (C=O) groups excluding carboxylic acids is 1. The second kappa shape index (κ2) is 7.02. The summed E-state index contributed by atoms with van der Waals surface area (Å²) in [5.74, 6) is 0.536. The number of likely N-dealkylation sites (tertiary alicyclic amines) is 1. The van der Waals surface area contributed by atoms with Crippen molar-refractivity contribution in [3.05, 3.63) is 26.6 Å². The minimum atomic E-state index is 0.00734. The molecule has 0 bridgehead atoms. The van der Waals surface area contributed by atoms with Crippen LogP contribution in [-0.2, 0) is 4.79 Å². The maximum Gasteiger partial charge on any atom is 0.238 e. The first kappa shape index (κ1) is 15.9. The summed E-state index contributed by atoms with van der Waals surface area (Å²) in [5, 5.41) is 2.96. The Labute approximate surface area is 136 Å². The molecule has 6 heteroatoms. The van der Waals surface area contributed by atoms with Crippen LogP contribution in [-0.4, -0.2) is 37.0 Å². The summed E-state index contributed by atoms with van der Waals surface area (Å²) < 4.78 is 1.78. The zero-order chi connectivity index (χ0) is 14.7. The Morgan fingerprint density at radius 3 is 2.65 bits per heavy atom. The van der Waals surface area contributed by atoms with Crippen molar-refractivity contribution in [3.8, 4) is 0 Å². The van der Waals surface area contributed by atoms with Crippen molar-refractivity contribution in [2.24, 2.45) is 11.7 Å². The Hall–Kier alpha value is -0.430. The van der Waals surface area contributed by atoms with E-state index in [2.05, 4.69) is 42.1 Å². The van der Waals surface area contributed by atoms with Crippen molar-refractivity contribution >= 4 is 43.5 Å². The molecule has 1 fully saturated rings. The van der Waals surface area contributed by atoms with Crippen LogP contribution in [0, 0.1) is 12.8 Å². The maximum absolute atomic E-state index is 12.1. The van der Waals surface area contributed by atoms with E-state index >= 15 is 0 Å². The summed E-state index contributed by atoms with van der Waals surface area (Å²) in [4.78, 5) is 14.3. The Morgan fingerprint density at radius 2 is 2.10 bits per heavy atom. The lowest BCUT2D eigenvalue weighted by atomic mass is 10.1. The third kappa shape index (κ3) is 4.04. The first-order valence-corrected chi connectivity index (χ1v) is 8.26. The highest BCUT2D eigenvalue weighted by atomic mass is 79.9. The van der Waals surface area contributed by atoms with Gasteiger partial charge < -0.3 is 11.1 Å². The minimum Gasteiger partial charge on any atom is -0.330 e. The smallest absolute Gasteiger partial charge is 0.238 e. The molecule has 2 rings (SSSR count). The summed E-state index contributed by atoms with van der Waals surface area (Å²) in [5.41, 5.74) is 7.58. The maximum atomic E-state index is 12.1. The van der Waals surface area contributed by atoms with Crippen LogP contribution in [0.5, 0.6) is 0 Å². The number of nitrogens with one attached hydrogen (secondary N) is 1. The van der Waals surface area contributed by atoms with E-state index in [1.807, 2.05) is 19.1 Å². The monoisotopic (exact) mass is 403 g/mol. The number of benzene rings is 1. The standard InChI is InChI=1S/C14H19Br2N3O/c1-9-4-11(15)14(12(16)5-9)18-13(20)8-19-3-2-10(6-17)7-19/h4-5,10H,2-3,6-8,17H2,1H3,(H,18,20)/t10-/m0/s1. The lowest BCUT2D eigenvalue weighted by Crippen LogP contribution is -2.32. The number of aryl methyl sites for hydroxylation is 1. The van der Waals surface area contributed by atoms with E-state index in [9.17, 15) is 4.79 Å². The molecule has 20 heavy (non-hydrogen) atoms. The van der Waals surface area contributed by atoms with Crippen LogP contribution in [0.4, 0.5) is 5.69 Å². The fraction of sp³-hybridized carbons (Fsp3) is 0.500. The molecule has 0 aromatic heterocycles. The number of amides is 1. The van der Waals surface area contributed by atoms with Gasteiger partial charge in [-0.25, -0.2) is 0 Å². The summed E-state index contributed by atoms with van der Waals surface area (Å²) >= 11 is 6.97. The van der Waals surface area contributed by atoms with Gasteiger partial charge in [0.05, 0.1) is 12.2 Å². The van der Waals surface area contributed by atoms with Crippen molar-refractivity contribution in [2.45, 2.75) is 13.3 Å². The molecule has 1 atom stereocenters. The number of halogens is 2. The van der Waals surface area contributed by atoms with E-state index in [-0.39, 0.29) is 5.91 Å². The summed E-state index contributed by atoms with van der Waals surface area (Å²) in [6.07, 6.45) is 1.09. The molecule has 0 spiro atoms. The van der Waals surface area contributed by atoms with Gasteiger partial charge in [-0.1, -0.05) is 0 Å². The Morgan fingerprint density at radius 1 is 1.45 bits per heavy atom. The third-order valence-electron chi connectivity index (χ3n) is 3.52. The lowest BCUT2D eigenvalue weighted by molar-refractivity contribution is -0.117. The van der Waals surface area contributed by atoms with Crippen LogP contribution in [0.2, 0.25) is 0 Å². The highest BCUT2D eigenvalue weighted by Crippen LogP contribution is 2.32. The number of nitrogens with zero attached hydrogens (tertiary/aromatic N) is 1. The molecule has 0 unspecified atom stereocenters. The van der Waals surface area contributed by atoms with E-state index in [1.165, 1.54) is 0 Å². The summed E-state index contributed by atoms with van der Waals surface area (Å²) in [6.45, 7) is 5.00. The number of carbonyl (C=O) groups is 1. The molecule has 0 radical (unpaired) electrons. The molecular formula is C14H19Br2N3O. The van der Waals surface area contributed by atoms with Crippen LogP contribution in [0.1, 0.15) is 12.0 Å². The number of nitrogens with two attached hydrogens (primary N) is 1. The van der Waals surface area contributed by atoms with Crippen LogP contribution in [0.15, 0.2) is 21.1 Å². The highest BCUT2D eigenvalue weighted by Gasteiger charge is 2.23. The number of hydrogen-bond donors (Lipinski definition) is 2. The van der Waals surface area contributed by atoms with Crippen molar-refractivity contribution in [3.63, 3.8) is 0 Å². The average Bonchev–Trinajstić information content (AvgIpc) is 2.81. The molecule has 4 nitrogen and oxygen atoms in total. The van der Waals surface area contributed by atoms with E-state index in [0.29, 0.717) is 19.0 Å². The second-order valence-corrected chi connectivity index (χ2v) is 6.99. The van der Waals surface area contributed by atoms with Gasteiger partial charge in [0.25, 0.3) is 0 Å². The quantitative estimate of drug-likeness (QED) is 0.811. The average molecular weight is 405 g/mol. The molecule has 1 aromatic carbocycles. The van der Waals surface area contributed by atoms with E-state index in [4.69, 9.17) is 5.73 Å². The molecular weight excluding hydrogens is 386 g/mol. The molecule has 1 heterocycles. The van der Waals surface area contributed by atoms with Gasteiger partial charge in [-0.2, -0.15) is 0 Å². The predicted molar refractivity (Wildman–Crippen MR) is 88.8 cm³/mol. The van der Waals surface area contributed by atoms with E-state index in [0.717, 1.165) is 39.7 Å². The topological polar surface area (TPSA) is 58.4 Å². The first-order valence-electron chi connectivity index (χ1n) is 6.67. The minimum absolute atomic E-state index is 0.00734. The molecule has 1 aromatic rings. The van der Waals surface area contributed by atoms with Crippen LogP contribution >= 0.6 is 31.9 Å². The molecule has 1 amide bonds. The Bertz CT molecular complexity index is 484. The van der Waals surface area contributed by atoms with Crippen LogP contribution in [0.25, 0.3) is 0 Å². The molecule has 1 aliphatic heterocycles. The van der Waals surface area contributed by atoms with E-state index in [1.54, 1.807) is 0 Å². The zero-order valence-electron chi connectivity index (χ0n) is 11.5. The fourth-order valence-electron chi connectivity index (χ4n) is 2.45. The Balaban J connectivity index is 1.95. The summed E-state index contributed by atoms with van der Waals surface area (Å²) in [6, 6.07) is 3.97. The molecule has 1 saturated heterocycles. The number of rotatable bonds is 4. The lowest BCUT2D eigenvalue weighted by Gasteiger charge is -2.16. The van der Waals surface area contributed by atoms with Crippen molar-refractivity contribution in [2.75, 3.05) is 31.5 Å². The van der Waals surface area contributed by atoms with Gasteiger partial charge in [0, 0.05) is 15.5 Å². The number of anilines is 1. The largest absolute Gasteiger partial charge is 0.330 e. The normalized spacial score (nSPS) is 19.3. The predicted octanol–water partition coefficient (Wildman–Crippen LogP) is 2.74. The molecule has 110 valence electrons. The van der Waals surface area contributed by atoms with Gasteiger partial charge in [0.15, 0.2) is 0 Å². The van der Waals surface area contributed by atoms with Crippen molar-refractivity contribution < 1.29 is 4.79 Å². The molecule has 3 N–H and O–H groups in total. The van der Waals surface area contributed by atoms with Gasteiger partial charge in [-0.15, -0.1) is 0 Å². The highest BCUT2D eigenvalue weighted by molar-refractivity contribution is 9.11. The zero-order valence-corrected chi connectivity index (χ0v) is 14.6. The van der Waals surface area contributed by atoms with Crippen LogP contribution in [0.3, 0.4) is 0 Å². The van der Waals surface area contributed by atoms with Crippen LogP contribution < -0.4 is 11.1 Å². The number of hydrogen-bond acceptors (Lipinski definition) is 3. The third-order valence-corrected chi connectivity index (χ3v) is 4.77. The van der Waals surface area contributed by atoms with Gasteiger partial charge in [0.2, 0.25) is 5.91 Å². The first-order chi connectivity index (χ1) is 9.49. The van der Waals surface area contributed by atoms with Gasteiger partial charge in [0.1, 0.15) is 0 Å². The molecule has 0 saturated carbocycles. The van der Waals surface area contributed by atoms with Gasteiger partial charge in [-0.3, -0.25) is 9.69 Å². The molecule has 1 aliphatic rings. The molecule has 0 aliphatic carbocycles. The van der Waals surface area contributed by atoms with Gasteiger partial charge in [-0.05, 0) is 81.9 Å². The Kier molecular flexibility index (Phi) is 5.60. The second-order valence-electron chi connectivity index (χ2n) is 5.28. The summed E-state index contributed by atoms with van der Waals surface area (Å²) in [7, 11) is 0. The fourth-order valence-corrected chi connectivity index (χ4v) is 4.06. The van der Waals surface area contributed by atoms with Crippen molar-refractivity contribution in [1.82, 2.24) is 4.90 Å². The van der Waals surface area contributed by atoms with Crippen molar-refractivity contribution in [1.29, 1.82) is 0 Å². The van der Waals surface area contributed by atoms with E-state index < -0.39 is 0 Å². The SMILES string of the molecule is Cc1cc(Br)c(NC(=O)CN2CC[C@@H](CN)C2)c(Br)c1.